The maximum atomic E-state index is 11.1. The average molecular weight is 215 g/mol. The van der Waals surface area contributed by atoms with Crippen LogP contribution < -0.4 is 0 Å². The topological polar surface area (TPSA) is 38.8 Å². The number of nitrogens with zero attached hydrogens (tertiary/aromatic N) is 1. The summed E-state index contributed by atoms with van der Waals surface area (Å²) in [6.07, 6.45) is 1.68. The van der Waals surface area contributed by atoms with E-state index < -0.39 is 0 Å². The van der Waals surface area contributed by atoms with Gasteiger partial charge in [0.05, 0.1) is 19.6 Å². The molecule has 0 radical (unpaired) electrons. The van der Waals surface area contributed by atoms with Gasteiger partial charge in [0.15, 0.2) is 0 Å². The number of methoxy groups -OCH3 is 1. The van der Waals surface area contributed by atoms with E-state index in [1.165, 1.54) is 6.42 Å². The monoisotopic (exact) mass is 215 g/mol. The van der Waals surface area contributed by atoms with E-state index in [-0.39, 0.29) is 5.97 Å². The van der Waals surface area contributed by atoms with Crippen LogP contribution in [0.25, 0.3) is 0 Å². The number of carbonyl (C=O) groups is 1. The lowest BCUT2D eigenvalue weighted by Gasteiger charge is -2.14. The van der Waals surface area contributed by atoms with Crippen molar-refractivity contribution >= 4 is 5.97 Å². The summed E-state index contributed by atoms with van der Waals surface area (Å²) in [5, 5.41) is 0. The molecule has 1 fully saturated rings. The fourth-order valence-corrected chi connectivity index (χ4v) is 1.97. The van der Waals surface area contributed by atoms with E-state index >= 15 is 0 Å². The third-order valence-corrected chi connectivity index (χ3v) is 2.71. The smallest absolute Gasteiger partial charge is 0.307 e. The van der Waals surface area contributed by atoms with Crippen molar-refractivity contribution in [1.29, 1.82) is 0 Å². The summed E-state index contributed by atoms with van der Waals surface area (Å²) in [7, 11) is 1.74. The molecule has 88 valence electrons. The van der Waals surface area contributed by atoms with E-state index in [1.54, 1.807) is 7.11 Å². The minimum absolute atomic E-state index is 0.0901. The second kappa shape index (κ2) is 6.80. The van der Waals surface area contributed by atoms with Gasteiger partial charge in [-0.25, -0.2) is 0 Å². The van der Waals surface area contributed by atoms with Crippen LogP contribution in [0, 0.1) is 5.92 Å². The zero-order valence-electron chi connectivity index (χ0n) is 9.70. The summed E-state index contributed by atoms with van der Waals surface area (Å²) in [5.74, 6) is 0.546. The largest absolute Gasteiger partial charge is 0.466 e. The minimum atomic E-state index is -0.0901. The van der Waals surface area contributed by atoms with Crippen molar-refractivity contribution in [3.63, 3.8) is 0 Å². The first-order chi connectivity index (χ1) is 7.26. The van der Waals surface area contributed by atoms with Gasteiger partial charge in [0.25, 0.3) is 0 Å². The van der Waals surface area contributed by atoms with Crippen LogP contribution in [0.3, 0.4) is 0 Å². The number of rotatable bonds is 6. The lowest BCUT2D eigenvalue weighted by atomic mass is 10.1. The molecule has 0 spiro atoms. The van der Waals surface area contributed by atoms with Crippen molar-refractivity contribution in [2.45, 2.75) is 19.8 Å². The van der Waals surface area contributed by atoms with Gasteiger partial charge in [-0.05, 0) is 25.8 Å². The lowest BCUT2D eigenvalue weighted by molar-refractivity contribution is -0.143. The van der Waals surface area contributed by atoms with Gasteiger partial charge in [-0.3, -0.25) is 4.79 Å². The second-order valence-corrected chi connectivity index (χ2v) is 3.97. The molecule has 1 rings (SSSR count). The first kappa shape index (κ1) is 12.5. The van der Waals surface area contributed by atoms with Crippen LogP contribution in [-0.2, 0) is 14.3 Å². The van der Waals surface area contributed by atoms with Gasteiger partial charge >= 0.3 is 5.97 Å². The number of hydrogen-bond acceptors (Lipinski definition) is 4. The quantitative estimate of drug-likeness (QED) is 0.617. The molecule has 15 heavy (non-hydrogen) atoms. The van der Waals surface area contributed by atoms with Crippen molar-refractivity contribution in [3.05, 3.63) is 0 Å². The molecule has 4 nitrogen and oxygen atoms in total. The summed E-state index contributed by atoms with van der Waals surface area (Å²) in [4.78, 5) is 13.4. The Balaban J connectivity index is 2.10. The number of carbonyl (C=O) groups excluding carboxylic acids is 1. The van der Waals surface area contributed by atoms with Gasteiger partial charge in [-0.2, -0.15) is 0 Å². The number of likely N-dealkylation sites (tertiary alicyclic amines) is 1. The molecular weight excluding hydrogens is 194 g/mol. The number of esters is 1. The van der Waals surface area contributed by atoms with E-state index in [4.69, 9.17) is 9.47 Å². The predicted molar refractivity (Wildman–Crippen MR) is 57.7 cm³/mol. The van der Waals surface area contributed by atoms with Crippen molar-refractivity contribution in [2.24, 2.45) is 5.92 Å². The fraction of sp³-hybridized carbons (Fsp3) is 0.909. The third-order valence-electron chi connectivity index (χ3n) is 2.71. The zero-order valence-corrected chi connectivity index (χ0v) is 9.70. The molecule has 0 aromatic heterocycles. The van der Waals surface area contributed by atoms with Crippen LogP contribution >= 0.6 is 0 Å². The molecule has 1 aliphatic rings. The van der Waals surface area contributed by atoms with Crippen molar-refractivity contribution in [2.75, 3.05) is 40.0 Å². The Labute approximate surface area is 91.5 Å². The van der Waals surface area contributed by atoms with Gasteiger partial charge in [0.1, 0.15) is 0 Å². The Hall–Kier alpha value is -0.610. The molecule has 1 unspecified atom stereocenters. The second-order valence-electron chi connectivity index (χ2n) is 3.97. The Morgan fingerprint density at radius 1 is 1.53 bits per heavy atom. The normalized spacial score (nSPS) is 21.9. The van der Waals surface area contributed by atoms with E-state index in [0.717, 1.165) is 26.2 Å². The molecule has 0 aliphatic carbocycles. The van der Waals surface area contributed by atoms with Crippen LogP contribution in [-0.4, -0.2) is 50.8 Å². The van der Waals surface area contributed by atoms with Crippen molar-refractivity contribution in [3.8, 4) is 0 Å². The molecule has 0 saturated carbocycles. The molecular formula is C11H21NO3. The van der Waals surface area contributed by atoms with Gasteiger partial charge in [-0.1, -0.05) is 0 Å². The van der Waals surface area contributed by atoms with Crippen molar-refractivity contribution in [1.82, 2.24) is 4.90 Å². The van der Waals surface area contributed by atoms with E-state index in [0.29, 0.717) is 18.9 Å². The van der Waals surface area contributed by atoms with Gasteiger partial charge in [0.2, 0.25) is 0 Å². The molecule has 1 saturated heterocycles. The van der Waals surface area contributed by atoms with E-state index in [1.807, 2.05) is 6.92 Å². The van der Waals surface area contributed by atoms with Gasteiger partial charge in [0, 0.05) is 20.2 Å². The lowest BCUT2D eigenvalue weighted by Crippen LogP contribution is -2.25. The van der Waals surface area contributed by atoms with E-state index in [9.17, 15) is 4.79 Å². The standard InChI is InChI=1S/C11H21NO3/c1-3-15-11(13)5-7-12-6-4-10(8-12)9-14-2/h10H,3-9H2,1-2H3. The van der Waals surface area contributed by atoms with Crippen LogP contribution in [0.1, 0.15) is 19.8 Å². The Bertz CT molecular complexity index is 196. The highest BCUT2D eigenvalue weighted by molar-refractivity contribution is 5.69. The molecule has 4 heteroatoms. The summed E-state index contributed by atoms with van der Waals surface area (Å²) in [6, 6.07) is 0. The molecule has 1 atom stereocenters. The molecule has 0 aromatic carbocycles. The highest BCUT2D eigenvalue weighted by atomic mass is 16.5. The summed E-state index contributed by atoms with van der Waals surface area (Å²) >= 11 is 0. The Morgan fingerprint density at radius 2 is 2.33 bits per heavy atom. The van der Waals surface area contributed by atoms with Gasteiger partial charge in [-0.15, -0.1) is 0 Å². The molecule has 1 heterocycles. The molecule has 0 amide bonds. The maximum Gasteiger partial charge on any atom is 0.307 e. The van der Waals surface area contributed by atoms with Gasteiger partial charge < -0.3 is 14.4 Å². The summed E-state index contributed by atoms with van der Waals surface area (Å²) in [6.45, 7) is 6.09. The summed E-state index contributed by atoms with van der Waals surface area (Å²) < 4.78 is 10.0. The zero-order chi connectivity index (χ0) is 11.1. The Kier molecular flexibility index (Phi) is 5.65. The Morgan fingerprint density at radius 3 is 3.00 bits per heavy atom. The van der Waals surface area contributed by atoms with E-state index in [2.05, 4.69) is 4.90 Å². The SMILES string of the molecule is CCOC(=O)CCN1CCC(COC)C1. The molecule has 0 N–H and O–H groups in total. The summed E-state index contributed by atoms with van der Waals surface area (Å²) in [5.41, 5.74) is 0. The van der Waals surface area contributed by atoms with Crippen LogP contribution in [0.15, 0.2) is 0 Å². The minimum Gasteiger partial charge on any atom is -0.466 e. The van der Waals surface area contributed by atoms with Crippen LogP contribution in [0.5, 0.6) is 0 Å². The van der Waals surface area contributed by atoms with Crippen LogP contribution in [0.2, 0.25) is 0 Å². The molecule has 0 bridgehead atoms. The highest BCUT2D eigenvalue weighted by Gasteiger charge is 2.22. The highest BCUT2D eigenvalue weighted by Crippen LogP contribution is 2.16. The van der Waals surface area contributed by atoms with Crippen molar-refractivity contribution < 1.29 is 14.3 Å². The first-order valence-electron chi connectivity index (χ1n) is 5.63. The maximum absolute atomic E-state index is 11.1. The fourth-order valence-electron chi connectivity index (χ4n) is 1.97. The molecule has 1 aliphatic heterocycles. The first-order valence-corrected chi connectivity index (χ1v) is 5.63. The van der Waals surface area contributed by atoms with Crippen LogP contribution in [0.4, 0.5) is 0 Å². The predicted octanol–water partition coefficient (Wildman–Crippen LogP) is 0.908. The third kappa shape index (κ3) is 4.62. The average Bonchev–Trinajstić information content (AvgIpc) is 2.64. The molecule has 0 aromatic rings. The number of ether oxygens (including phenoxy) is 2. The number of hydrogen-bond donors (Lipinski definition) is 0.